The van der Waals surface area contributed by atoms with Crippen LogP contribution >= 0.6 is 0 Å². The van der Waals surface area contributed by atoms with Crippen molar-refractivity contribution in [2.75, 3.05) is 32.7 Å². The van der Waals surface area contributed by atoms with Crippen LogP contribution in [-0.2, 0) is 0 Å². The number of aliphatic hydroxyl groups is 1. The van der Waals surface area contributed by atoms with Crippen LogP contribution in [0, 0.1) is 5.92 Å². The Morgan fingerprint density at radius 1 is 1.44 bits per heavy atom. The maximum atomic E-state index is 10.1. The minimum absolute atomic E-state index is 0.514. The molecule has 0 saturated carbocycles. The van der Waals surface area contributed by atoms with E-state index in [1.54, 1.807) is 0 Å². The summed E-state index contributed by atoms with van der Waals surface area (Å²) in [5.41, 5.74) is -0.514. The Morgan fingerprint density at radius 2 is 2.19 bits per heavy atom. The first-order chi connectivity index (χ1) is 7.57. The zero-order valence-corrected chi connectivity index (χ0v) is 11.1. The van der Waals surface area contributed by atoms with Crippen LogP contribution in [0.4, 0.5) is 0 Å². The van der Waals surface area contributed by atoms with E-state index < -0.39 is 5.60 Å². The highest BCUT2D eigenvalue weighted by molar-refractivity contribution is 4.81. The van der Waals surface area contributed by atoms with Gasteiger partial charge in [0.05, 0.1) is 5.60 Å². The van der Waals surface area contributed by atoms with Crippen LogP contribution in [0.15, 0.2) is 0 Å². The predicted octanol–water partition coefficient (Wildman–Crippen LogP) is 1.47. The highest BCUT2D eigenvalue weighted by Crippen LogP contribution is 2.19. The van der Waals surface area contributed by atoms with Gasteiger partial charge in [0.1, 0.15) is 0 Å². The van der Waals surface area contributed by atoms with Gasteiger partial charge >= 0.3 is 0 Å². The largest absolute Gasteiger partial charge is 0.389 e. The quantitative estimate of drug-likeness (QED) is 0.722. The molecular weight excluding hydrogens is 200 g/mol. The Labute approximate surface area is 100 Å². The molecule has 0 bridgehead atoms. The molecule has 1 fully saturated rings. The molecular formula is C13H28N2O. The Morgan fingerprint density at radius 3 is 2.81 bits per heavy atom. The molecule has 1 aliphatic rings. The number of nitrogens with one attached hydrogen (secondary N) is 1. The monoisotopic (exact) mass is 228 g/mol. The smallest absolute Gasteiger partial charge is 0.0743 e. The normalized spacial score (nSPS) is 26.6. The van der Waals surface area contributed by atoms with Gasteiger partial charge in [-0.05, 0) is 51.7 Å². The van der Waals surface area contributed by atoms with E-state index >= 15 is 0 Å². The topological polar surface area (TPSA) is 35.5 Å². The van der Waals surface area contributed by atoms with E-state index in [-0.39, 0.29) is 0 Å². The lowest BCUT2D eigenvalue weighted by atomic mass is 9.95. The number of hydrogen-bond acceptors (Lipinski definition) is 3. The molecule has 0 aliphatic carbocycles. The molecule has 0 radical (unpaired) electrons. The number of hydrogen-bond donors (Lipinski definition) is 2. The molecule has 0 aromatic rings. The summed E-state index contributed by atoms with van der Waals surface area (Å²) in [5, 5.41) is 13.5. The average molecular weight is 228 g/mol. The number of likely N-dealkylation sites (tertiary alicyclic amines) is 1. The molecule has 96 valence electrons. The Balaban J connectivity index is 2.32. The molecule has 1 rings (SSSR count). The molecule has 1 aliphatic heterocycles. The molecule has 0 amide bonds. The van der Waals surface area contributed by atoms with Crippen molar-refractivity contribution in [2.24, 2.45) is 5.92 Å². The molecule has 3 heteroatoms. The molecule has 2 atom stereocenters. The lowest BCUT2D eigenvalue weighted by molar-refractivity contribution is 0.00423. The third-order valence-electron chi connectivity index (χ3n) is 3.61. The molecule has 0 aromatic carbocycles. The summed E-state index contributed by atoms with van der Waals surface area (Å²) in [7, 11) is 0. The zero-order valence-electron chi connectivity index (χ0n) is 11.1. The first-order valence-electron chi connectivity index (χ1n) is 6.73. The molecule has 2 N–H and O–H groups in total. The summed E-state index contributed by atoms with van der Waals surface area (Å²) in [5.74, 6) is 0.765. The second-order valence-corrected chi connectivity index (χ2v) is 5.40. The summed E-state index contributed by atoms with van der Waals surface area (Å²) in [4.78, 5) is 2.43. The highest BCUT2D eigenvalue weighted by atomic mass is 16.3. The van der Waals surface area contributed by atoms with Crippen molar-refractivity contribution in [1.82, 2.24) is 10.2 Å². The van der Waals surface area contributed by atoms with Crippen LogP contribution in [0.2, 0.25) is 0 Å². The van der Waals surface area contributed by atoms with Crippen molar-refractivity contribution >= 4 is 0 Å². The fourth-order valence-corrected chi connectivity index (χ4v) is 2.40. The molecule has 0 spiro atoms. The van der Waals surface area contributed by atoms with Crippen molar-refractivity contribution in [3.8, 4) is 0 Å². The van der Waals surface area contributed by atoms with Gasteiger partial charge in [-0.25, -0.2) is 0 Å². The van der Waals surface area contributed by atoms with Gasteiger partial charge in [0.25, 0.3) is 0 Å². The Bertz CT molecular complexity index is 194. The SMILES string of the molecule is CCNCC1CCCN(CC(C)(O)CC)C1. The van der Waals surface area contributed by atoms with Crippen LogP contribution in [0.5, 0.6) is 0 Å². The van der Waals surface area contributed by atoms with Gasteiger partial charge in [-0.1, -0.05) is 13.8 Å². The molecule has 0 aromatic heterocycles. The zero-order chi connectivity index (χ0) is 12.0. The third-order valence-corrected chi connectivity index (χ3v) is 3.61. The van der Waals surface area contributed by atoms with Gasteiger partial charge in [0.2, 0.25) is 0 Å². The first-order valence-corrected chi connectivity index (χ1v) is 6.73. The number of rotatable bonds is 6. The molecule has 3 nitrogen and oxygen atoms in total. The van der Waals surface area contributed by atoms with Crippen LogP contribution in [0.3, 0.4) is 0 Å². The Kier molecular flexibility index (Phi) is 5.73. The van der Waals surface area contributed by atoms with E-state index in [0.29, 0.717) is 0 Å². The molecule has 2 unspecified atom stereocenters. The summed E-state index contributed by atoms with van der Waals surface area (Å²) in [6.45, 7) is 11.5. The van der Waals surface area contributed by atoms with Gasteiger partial charge in [-0.2, -0.15) is 0 Å². The van der Waals surface area contributed by atoms with Crippen molar-refractivity contribution in [2.45, 2.75) is 45.6 Å². The van der Waals surface area contributed by atoms with E-state index in [9.17, 15) is 5.11 Å². The average Bonchev–Trinajstić information content (AvgIpc) is 2.26. The van der Waals surface area contributed by atoms with Gasteiger partial charge in [-0.3, -0.25) is 0 Å². The van der Waals surface area contributed by atoms with Crippen molar-refractivity contribution in [1.29, 1.82) is 0 Å². The minimum Gasteiger partial charge on any atom is -0.389 e. The van der Waals surface area contributed by atoms with Gasteiger partial charge in [-0.15, -0.1) is 0 Å². The lowest BCUT2D eigenvalue weighted by Gasteiger charge is -2.37. The van der Waals surface area contributed by atoms with Gasteiger partial charge in [0, 0.05) is 13.1 Å². The number of β-amino-alcohol motifs (C(OH)–C–C–N with tert-alkyl or cyclic N) is 1. The van der Waals surface area contributed by atoms with E-state index in [0.717, 1.165) is 45.1 Å². The van der Waals surface area contributed by atoms with Crippen LogP contribution < -0.4 is 5.32 Å². The lowest BCUT2D eigenvalue weighted by Crippen LogP contribution is -2.46. The second-order valence-electron chi connectivity index (χ2n) is 5.40. The van der Waals surface area contributed by atoms with Crippen LogP contribution in [-0.4, -0.2) is 48.3 Å². The summed E-state index contributed by atoms with van der Waals surface area (Å²) in [6, 6.07) is 0. The minimum atomic E-state index is -0.514. The summed E-state index contributed by atoms with van der Waals surface area (Å²) < 4.78 is 0. The maximum absolute atomic E-state index is 10.1. The van der Waals surface area contributed by atoms with Crippen LogP contribution in [0.1, 0.15) is 40.0 Å². The predicted molar refractivity (Wildman–Crippen MR) is 68.6 cm³/mol. The van der Waals surface area contributed by atoms with E-state index in [1.165, 1.54) is 12.8 Å². The van der Waals surface area contributed by atoms with Crippen LogP contribution in [0.25, 0.3) is 0 Å². The van der Waals surface area contributed by atoms with Gasteiger partial charge in [0.15, 0.2) is 0 Å². The van der Waals surface area contributed by atoms with Crippen molar-refractivity contribution in [3.05, 3.63) is 0 Å². The number of nitrogens with zero attached hydrogens (tertiary/aromatic N) is 1. The van der Waals surface area contributed by atoms with E-state index in [2.05, 4.69) is 24.1 Å². The van der Waals surface area contributed by atoms with Crippen molar-refractivity contribution < 1.29 is 5.11 Å². The molecule has 1 saturated heterocycles. The molecule has 16 heavy (non-hydrogen) atoms. The maximum Gasteiger partial charge on any atom is 0.0743 e. The standard InChI is InChI=1S/C13H28N2O/c1-4-13(3,16)11-15-8-6-7-12(10-15)9-14-5-2/h12,14,16H,4-11H2,1-3H3. The first kappa shape index (κ1) is 13.9. The van der Waals surface area contributed by atoms with E-state index in [1.807, 2.05) is 6.92 Å². The highest BCUT2D eigenvalue weighted by Gasteiger charge is 2.26. The fourth-order valence-electron chi connectivity index (χ4n) is 2.40. The second kappa shape index (κ2) is 6.58. The van der Waals surface area contributed by atoms with E-state index in [4.69, 9.17) is 0 Å². The van der Waals surface area contributed by atoms with Crippen molar-refractivity contribution in [3.63, 3.8) is 0 Å². The summed E-state index contributed by atoms with van der Waals surface area (Å²) in [6.07, 6.45) is 3.44. The summed E-state index contributed by atoms with van der Waals surface area (Å²) >= 11 is 0. The third kappa shape index (κ3) is 4.81. The fraction of sp³-hybridized carbons (Fsp3) is 1.00. The Hall–Kier alpha value is -0.120. The van der Waals surface area contributed by atoms with Gasteiger partial charge < -0.3 is 15.3 Å². The number of piperidine rings is 1. The molecule has 1 heterocycles.